The van der Waals surface area contributed by atoms with E-state index in [1.54, 1.807) is 23.3 Å². The van der Waals surface area contributed by atoms with Crippen molar-refractivity contribution in [2.24, 2.45) is 5.73 Å². The van der Waals surface area contributed by atoms with Gasteiger partial charge in [-0.2, -0.15) is 0 Å². The third-order valence-electron chi connectivity index (χ3n) is 3.82. The van der Waals surface area contributed by atoms with Gasteiger partial charge in [-0.3, -0.25) is 9.67 Å². The lowest BCUT2D eigenvalue weighted by Gasteiger charge is -2.12. The third kappa shape index (κ3) is 4.21. The zero-order chi connectivity index (χ0) is 17.8. The molecule has 8 heteroatoms. The average Bonchev–Trinajstić information content (AvgIpc) is 3.08. The van der Waals surface area contributed by atoms with Crippen molar-refractivity contribution in [1.29, 1.82) is 0 Å². The van der Waals surface area contributed by atoms with Crippen LogP contribution in [0.25, 0.3) is 11.3 Å². The molecule has 1 unspecified atom stereocenters. The highest BCUT2D eigenvalue weighted by atomic mass is 19.2. The number of halogens is 3. The smallest absolute Gasteiger partial charge is 0.161 e. The molecule has 0 bridgehead atoms. The minimum Gasteiger partial charge on any atom is -0.327 e. The number of nitrogens with two attached hydrogens (primary N) is 1. The van der Waals surface area contributed by atoms with Crippen LogP contribution in [0, 0.1) is 17.5 Å². The normalized spacial score (nSPS) is 12.3. The molecule has 1 aromatic carbocycles. The Morgan fingerprint density at radius 3 is 2.52 bits per heavy atom. The van der Waals surface area contributed by atoms with Crippen molar-refractivity contribution in [3.8, 4) is 11.3 Å². The molecule has 2 N–H and O–H groups in total. The topological polar surface area (TPSA) is 69.6 Å². The van der Waals surface area contributed by atoms with Crippen LogP contribution in [0.15, 0.2) is 42.9 Å². The van der Waals surface area contributed by atoms with E-state index in [0.29, 0.717) is 24.7 Å². The monoisotopic (exact) mass is 347 g/mol. The maximum absolute atomic E-state index is 13.7. The number of hydrogen-bond donors (Lipinski definition) is 1. The standard InChI is InChI=1S/C17H16F3N5/c18-14-9-16(20)15(19)8-12(14)7-13(21)3-6-25-10-17(23-24-25)11-1-4-22-5-2-11/h1-2,4-5,8-10,13H,3,6-7,21H2. The lowest BCUT2D eigenvalue weighted by molar-refractivity contribution is 0.473. The fourth-order valence-electron chi connectivity index (χ4n) is 2.47. The predicted octanol–water partition coefficient (Wildman–Crippen LogP) is 2.72. The van der Waals surface area contributed by atoms with Gasteiger partial charge >= 0.3 is 0 Å². The highest BCUT2D eigenvalue weighted by molar-refractivity contribution is 5.56. The van der Waals surface area contributed by atoms with Gasteiger partial charge in [0.25, 0.3) is 0 Å². The SMILES string of the molecule is NC(CCn1cc(-c2ccncc2)nn1)Cc1cc(F)c(F)cc1F. The van der Waals surface area contributed by atoms with Crippen molar-refractivity contribution in [3.63, 3.8) is 0 Å². The van der Waals surface area contributed by atoms with Gasteiger partial charge in [-0.15, -0.1) is 5.10 Å². The Bertz CT molecular complexity index is 851. The number of pyridine rings is 1. The summed E-state index contributed by atoms with van der Waals surface area (Å²) >= 11 is 0. The van der Waals surface area contributed by atoms with Gasteiger partial charge in [0.2, 0.25) is 0 Å². The maximum Gasteiger partial charge on any atom is 0.161 e. The molecule has 0 saturated carbocycles. The summed E-state index contributed by atoms with van der Waals surface area (Å²) in [6, 6.07) is 4.61. The number of benzene rings is 1. The van der Waals surface area contributed by atoms with Gasteiger partial charge in [-0.25, -0.2) is 13.2 Å². The van der Waals surface area contributed by atoms with Crippen molar-refractivity contribution >= 4 is 0 Å². The summed E-state index contributed by atoms with van der Waals surface area (Å²) in [4.78, 5) is 3.94. The zero-order valence-corrected chi connectivity index (χ0v) is 13.2. The fourth-order valence-corrected chi connectivity index (χ4v) is 2.47. The molecule has 5 nitrogen and oxygen atoms in total. The molecular formula is C17H16F3N5. The molecular weight excluding hydrogens is 331 g/mol. The van der Waals surface area contributed by atoms with Gasteiger partial charge in [-0.05, 0) is 36.6 Å². The first-order valence-electron chi connectivity index (χ1n) is 7.72. The predicted molar refractivity (Wildman–Crippen MR) is 85.9 cm³/mol. The van der Waals surface area contributed by atoms with Crippen LogP contribution in [-0.2, 0) is 13.0 Å². The first-order valence-corrected chi connectivity index (χ1v) is 7.72. The molecule has 0 amide bonds. The van der Waals surface area contributed by atoms with Gasteiger partial charge in [0.1, 0.15) is 11.5 Å². The van der Waals surface area contributed by atoms with Gasteiger partial charge in [0.15, 0.2) is 11.6 Å². The highest BCUT2D eigenvalue weighted by Crippen LogP contribution is 2.17. The number of aryl methyl sites for hydroxylation is 1. The summed E-state index contributed by atoms with van der Waals surface area (Å²) in [7, 11) is 0. The first-order chi connectivity index (χ1) is 12.0. The molecule has 0 saturated heterocycles. The van der Waals surface area contributed by atoms with Gasteiger partial charge < -0.3 is 5.73 Å². The summed E-state index contributed by atoms with van der Waals surface area (Å²) in [5, 5.41) is 8.10. The summed E-state index contributed by atoms with van der Waals surface area (Å²) in [6.45, 7) is 0.477. The van der Waals surface area contributed by atoms with E-state index in [1.165, 1.54) is 0 Å². The van der Waals surface area contributed by atoms with Crippen LogP contribution in [0.4, 0.5) is 13.2 Å². The Hall–Kier alpha value is -2.74. The molecule has 0 spiro atoms. The van der Waals surface area contributed by atoms with E-state index in [4.69, 9.17) is 5.73 Å². The number of rotatable bonds is 6. The molecule has 3 rings (SSSR count). The summed E-state index contributed by atoms with van der Waals surface area (Å²) in [5.74, 6) is -3.09. The van der Waals surface area contributed by atoms with Gasteiger partial charge in [0.05, 0.1) is 6.20 Å². The van der Waals surface area contributed by atoms with E-state index in [9.17, 15) is 13.2 Å². The molecule has 0 aliphatic rings. The van der Waals surface area contributed by atoms with Crippen molar-refractivity contribution in [1.82, 2.24) is 20.0 Å². The number of aromatic nitrogens is 4. The molecule has 130 valence electrons. The molecule has 0 aliphatic heterocycles. The average molecular weight is 347 g/mol. The summed E-state index contributed by atoms with van der Waals surface area (Å²) in [5.41, 5.74) is 7.64. The largest absolute Gasteiger partial charge is 0.327 e. The molecule has 25 heavy (non-hydrogen) atoms. The summed E-state index contributed by atoms with van der Waals surface area (Å²) < 4.78 is 41.4. The van der Waals surface area contributed by atoms with Crippen LogP contribution >= 0.6 is 0 Å². The molecule has 2 heterocycles. The second kappa shape index (κ2) is 7.43. The molecule has 0 radical (unpaired) electrons. The Morgan fingerprint density at radius 1 is 1.04 bits per heavy atom. The zero-order valence-electron chi connectivity index (χ0n) is 13.2. The van der Waals surface area contributed by atoms with Crippen molar-refractivity contribution in [3.05, 3.63) is 65.9 Å². The van der Waals surface area contributed by atoms with Gasteiger partial charge in [-0.1, -0.05) is 5.21 Å². The van der Waals surface area contributed by atoms with E-state index in [-0.39, 0.29) is 12.0 Å². The second-order valence-electron chi connectivity index (χ2n) is 5.71. The first kappa shape index (κ1) is 17.1. The molecule has 3 aromatic rings. The van der Waals surface area contributed by atoms with E-state index in [2.05, 4.69) is 15.3 Å². The Balaban J connectivity index is 1.59. The van der Waals surface area contributed by atoms with E-state index < -0.39 is 23.5 Å². The fraction of sp³-hybridized carbons (Fsp3) is 0.235. The van der Waals surface area contributed by atoms with Crippen molar-refractivity contribution in [2.75, 3.05) is 0 Å². The lowest BCUT2D eigenvalue weighted by atomic mass is 10.0. The van der Waals surface area contributed by atoms with Crippen LogP contribution in [0.5, 0.6) is 0 Å². The molecule has 0 aliphatic carbocycles. The van der Waals surface area contributed by atoms with E-state index in [1.807, 2.05) is 12.1 Å². The second-order valence-corrected chi connectivity index (χ2v) is 5.71. The molecule has 0 fully saturated rings. The van der Waals surface area contributed by atoms with Crippen molar-refractivity contribution in [2.45, 2.75) is 25.4 Å². The third-order valence-corrected chi connectivity index (χ3v) is 3.82. The minimum absolute atomic E-state index is 0.0578. The Labute approximate surface area is 142 Å². The van der Waals surface area contributed by atoms with Gasteiger partial charge in [0, 0.05) is 36.6 Å². The molecule has 2 aromatic heterocycles. The van der Waals surface area contributed by atoms with Crippen molar-refractivity contribution < 1.29 is 13.2 Å². The highest BCUT2D eigenvalue weighted by Gasteiger charge is 2.13. The van der Waals surface area contributed by atoms with Crippen LogP contribution in [0.1, 0.15) is 12.0 Å². The van der Waals surface area contributed by atoms with Crippen LogP contribution in [0.3, 0.4) is 0 Å². The molecule has 1 atom stereocenters. The van der Waals surface area contributed by atoms with Crippen LogP contribution < -0.4 is 5.73 Å². The number of nitrogens with zero attached hydrogens (tertiary/aromatic N) is 4. The van der Waals surface area contributed by atoms with Crippen LogP contribution in [0.2, 0.25) is 0 Å². The Morgan fingerprint density at radius 2 is 1.76 bits per heavy atom. The van der Waals surface area contributed by atoms with E-state index in [0.717, 1.165) is 11.6 Å². The summed E-state index contributed by atoms with van der Waals surface area (Å²) in [6.07, 6.45) is 5.70. The minimum atomic E-state index is -1.21. The lowest BCUT2D eigenvalue weighted by Crippen LogP contribution is -2.25. The maximum atomic E-state index is 13.7. The van der Waals surface area contributed by atoms with Crippen LogP contribution in [-0.4, -0.2) is 26.0 Å². The Kier molecular flexibility index (Phi) is 5.08. The number of hydrogen-bond acceptors (Lipinski definition) is 4. The quantitative estimate of drug-likeness (QED) is 0.696. The van der Waals surface area contributed by atoms with E-state index >= 15 is 0 Å².